The molecule has 4 aliphatic rings. The van der Waals surface area contributed by atoms with Gasteiger partial charge in [-0.05, 0) is 104 Å². The van der Waals surface area contributed by atoms with Crippen LogP contribution in [0.3, 0.4) is 0 Å². The van der Waals surface area contributed by atoms with E-state index < -0.39 is 0 Å². The van der Waals surface area contributed by atoms with Gasteiger partial charge in [-0.15, -0.1) is 0 Å². The van der Waals surface area contributed by atoms with Crippen LogP contribution < -0.4 is 0 Å². The lowest BCUT2D eigenvalue weighted by atomic mass is 9.44. The molecule has 0 N–H and O–H groups in total. The Morgan fingerprint density at radius 1 is 0.880 bits per heavy atom. The first-order valence-corrected chi connectivity index (χ1v) is 12.1. The van der Waals surface area contributed by atoms with Crippen molar-refractivity contribution in [2.24, 2.45) is 46.3 Å². The number of hydrogen-bond acceptors (Lipinski definition) is 0. The molecule has 0 nitrogen and oxygen atoms in total. The molecular weight excluding hydrogens is 300 g/mol. The predicted molar refractivity (Wildman–Crippen MR) is 109 cm³/mol. The van der Waals surface area contributed by atoms with Crippen molar-refractivity contribution in [3.8, 4) is 0 Å². The van der Waals surface area contributed by atoms with Gasteiger partial charge in [0, 0.05) is 0 Å². The van der Waals surface area contributed by atoms with Gasteiger partial charge < -0.3 is 0 Å². The monoisotopic (exact) mass is 344 g/mol. The SMILES string of the molecule is CCC[C@@H](C)[C@H]1CC[C@H]2[C@@H]3CCC4CCCC[C@]4(C)[C@H]3CC[C@]12CC. The van der Waals surface area contributed by atoms with Crippen molar-refractivity contribution in [2.75, 3.05) is 0 Å². The molecule has 8 atom stereocenters. The van der Waals surface area contributed by atoms with Crippen LogP contribution in [-0.4, -0.2) is 0 Å². The highest BCUT2D eigenvalue weighted by molar-refractivity contribution is 5.10. The second-order valence-corrected chi connectivity index (χ2v) is 11.0. The Morgan fingerprint density at radius 2 is 1.72 bits per heavy atom. The van der Waals surface area contributed by atoms with Gasteiger partial charge in [-0.2, -0.15) is 0 Å². The summed E-state index contributed by atoms with van der Waals surface area (Å²) in [6.07, 6.45) is 19.9. The molecule has 4 saturated carbocycles. The first-order chi connectivity index (χ1) is 12.1. The summed E-state index contributed by atoms with van der Waals surface area (Å²) in [5.41, 5.74) is 1.45. The summed E-state index contributed by atoms with van der Waals surface area (Å²) < 4.78 is 0. The summed E-state index contributed by atoms with van der Waals surface area (Å²) >= 11 is 0. The zero-order valence-electron chi connectivity index (χ0n) is 17.7. The van der Waals surface area contributed by atoms with E-state index in [0.717, 1.165) is 40.9 Å². The molecule has 0 aromatic carbocycles. The molecule has 0 radical (unpaired) electrons. The maximum absolute atomic E-state index is 2.73. The molecule has 0 amide bonds. The van der Waals surface area contributed by atoms with E-state index in [4.69, 9.17) is 0 Å². The van der Waals surface area contributed by atoms with Crippen LogP contribution in [0.1, 0.15) is 111 Å². The van der Waals surface area contributed by atoms with Gasteiger partial charge in [0.05, 0.1) is 0 Å². The Kier molecular flexibility index (Phi) is 5.04. The van der Waals surface area contributed by atoms with E-state index in [1.165, 1.54) is 32.1 Å². The van der Waals surface area contributed by atoms with E-state index in [1.54, 1.807) is 51.4 Å². The van der Waals surface area contributed by atoms with Gasteiger partial charge in [0.2, 0.25) is 0 Å². The zero-order valence-corrected chi connectivity index (χ0v) is 17.7. The average molecular weight is 345 g/mol. The van der Waals surface area contributed by atoms with Gasteiger partial charge >= 0.3 is 0 Å². The Morgan fingerprint density at radius 3 is 2.48 bits per heavy atom. The van der Waals surface area contributed by atoms with Crippen molar-refractivity contribution < 1.29 is 0 Å². The highest BCUT2D eigenvalue weighted by Gasteiger charge is 2.60. The Labute approximate surface area is 157 Å². The van der Waals surface area contributed by atoms with Crippen molar-refractivity contribution in [1.82, 2.24) is 0 Å². The summed E-state index contributed by atoms with van der Waals surface area (Å²) in [6.45, 7) is 10.3. The van der Waals surface area contributed by atoms with E-state index in [2.05, 4.69) is 27.7 Å². The molecule has 0 bridgehead atoms. The molecule has 4 aliphatic carbocycles. The highest BCUT2D eigenvalue weighted by atomic mass is 14.7. The van der Waals surface area contributed by atoms with Crippen LogP contribution in [-0.2, 0) is 0 Å². The number of hydrogen-bond donors (Lipinski definition) is 0. The zero-order chi connectivity index (χ0) is 17.7. The minimum atomic E-state index is 0.716. The van der Waals surface area contributed by atoms with E-state index >= 15 is 0 Å². The first-order valence-electron chi connectivity index (χ1n) is 12.1. The maximum Gasteiger partial charge on any atom is -0.0238 e. The lowest BCUT2D eigenvalue weighted by molar-refractivity contribution is -0.120. The Bertz CT molecular complexity index is 467. The summed E-state index contributed by atoms with van der Waals surface area (Å²) in [5.74, 6) is 6.34. The van der Waals surface area contributed by atoms with Crippen LogP contribution in [0, 0.1) is 46.3 Å². The maximum atomic E-state index is 2.73. The van der Waals surface area contributed by atoms with Crippen LogP contribution >= 0.6 is 0 Å². The third-order valence-corrected chi connectivity index (χ3v) is 10.5. The minimum absolute atomic E-state index is 0.716. The molecule has 4 fully saturated rings. The molecule has 1 unspecified atom stereocenters. The van der Waals surface area contributed by atoms with E-state index in [1.807, 2.05) is 0 Å². The van der Waals surface area contributed by atoms with Crippen LogP contribution in [0.4, 0.5) is 0 Å². The summed E-state index contributed by atoms with van der Waals surface area (Å²) in [7, 11) is 0. The van der Waals surface area contributed by atoms with Crippen LogP contribution in [0.2, 0.25) is 0 Å². The van der Waals surface area contributed by atoms with Gasteiger partial charge in [0.25, 0.3) is 0 Å². The van der Waals surface area contributed by atoms with Gasteiger partial charge in [-0.1, -0.05) is 53.4 Å². The van der Waals surface area contributed by atoms with Crippen LogP contribution in [0.25, 0.3) is 0 Å². The largest absolute Gasteiger partial charge is 0.0654 e. The van der Waals surface area contributed by atoms with E-state index in [0.29, 0.717) is 5.41 Å². The smallest absolute Gasteiger partial charge is 0.0238 e. The molecule has 0 spiro atoms. The minimum Gasteiger partial charge on any atom is -0.0654 e. The first kappa shape index (κ1) is 18.4. The van der Waals surface area contributed by atoms with Gasteiger partial charge in [-0.25, -0.2) is 0 Å². The lowest BCUT2D eigenvalue weighted by Crippen LogP contribution is -2.53. The third kappa shape index (κ3) is 2.67. The second-order valence-electron chi connectivity index (χ2n) is 11.0. The summed E-state index contributed by atoms with van der Waals surface area (Å²) in [4.78, 5) is 0. The molecule has 0 saturated heterocycles. The quantitative estimate of drug-likeness (QED) is 0.487. The molecule has 0 heteroatoms. The Balaban J connectivity index is 1.60. The molecular formula is C25H44. The number of rotatable bonds is 4. The van der Waals surface area contributed by atoms with Crippen LogP contribution in [0.15, 0.2) is 0 Å². The summed E-state index contributed by atoms with van der Waals surface area (Å²) in [6, 6.07) is 0. The van der Waals surface area contributed by atoms with Crippen molar-refractivity contribution in [2.45, 2.75) is 111 Å². The standard InChI is InChI=1S/C25H44/c1-5-9-18(3)21-13-14-23-20-12-11-19-10-7-8-16-24(19,4)22(20)15-17-25(21,23)6-2/h18-23H,5-17H2,1-4H3/t18-,19?,20-,21-,22+,23+,24+,25-/m1/s1. The highest BCUT2D eigenvalue weighted by Crippen LogP contribution is 2.69. The lowest BCUT2D eigenvalue weighted by Gasteiger charge is -2.61. The fourth-order valence-corrected chi connectivity index (χ4v) is 9.36. The van der Waals surface area contributed by atoms with Gasteiger partial charge in [0.15, 0.2) is 0 Å². The fraction of sp³-hybridized carbons (Fsp3) is 1.00. The summed E-state index contributed by atoms with van der Waals surface area (Å²) in [5, 5.41) is 0. The average Bonchev–Trinajstić information content (AvgIpc) is 3.01. The molecule has 0 aromatic rings. The normalized spacial score (nSPS) is 50.6. The Hall–Kier alpha value is 0. The number of fused-ring (bicyclic) bond motifs is 5. The molecule has 0 aromatic heterocycles. The molecule has 25 heavy (non-hydrogen) atoms. The molecule has 144 valence electrons. The van der Waals surface area contributed by atoms with Crippen molar-refractivity contribution in [3.05, 3.63) is 0 Å². The van der Waals surface area contributed by atoms with Crippen LogP contribution in [0.5, 0.6) is 0 Å². The molecule has 0 heterocycles. The second kappa shape index (κ2) is 6.87. The third-order valence-electron chi connectivity index (χ3n) is 10.5. The van der Waals surface area contributed by atoms with Crippen molar-refractivity contribution in [3.63, 3.8) is 0 Å². The van der Waals surface area contributed by atoms with E-state index in [-0.39, 0.29) is 0 Å². The topological polar surface area (TPSA) is 0 Å². The van der Waals surface area contributed by atoms with Gasteiger partial charge in [-0.3, -0.25) is 0 Å². The van der Waals surface area contributed by atoms with Crippen molar-refractivity contribution >= 4 is 0 Å². The predicted octanol–water partition coefficient (Wildman–Crippen LogP) is 7.86. The van der Waals surface area contributed by atoms with Gasteiger partial charge in [0.1, 0.15) is 0 Å². The molecule has 0 aliphatic heterocycles. The molecule has 4 rings (SSSR count). The van der Waals surface area contributed by atoms with E-state index in [9.17, 15) is 0 Å². The fourth-order valence-electron chi connectivity index (χ4n) is 9.36. The van der Waals surface area contributed by atoms with Crippen molar-refractivity contribution in [1.29, 1.82) is 0 Å².